The van der Waals surface area contributed by atoms with E-state index in [1.54, 1.807) is 18.2 Å². The zero-order valence-electron chi connectivity index (χ0n) is 16.0. The van der Waals surface area contributed by atoms with Crippen LogP contribution in [-0.4, -0.2) is 22.6 Å². The number of fused-ring (bicyclic) bond motifs is 1. The van der Waals surface area contributed by atoms with Crippen molar-refractivity contribution in [1.82, 2.24) is 4.98 Å². The molecule has 29 heavy (non-hydrogen) atoms. The lowest BCUT2D eigenvalue weighted by Gasteiger charge is -2.26. The molecule has 0 atom stereocenters. The number of halogens is 1. The van der Waals surface area contributed by atoms with Gasteiger partial charge in [-0.05, 0) is 42.8 Å². The van der Waals surface area contributed by atoms with E-state index in [0.717, 1.165) is 46.5 Å². The quantitative estimate of drug-likeness (QED) is 0.374. The summed E-state index contributed by atoms with van der Waals surface area (Å²) in [7, 11) is 0. The van der Waals surface area contributed by atoms with Crippen LogP contribution in [-0.2, 0) is 0 Å². The second-order valence-electron chi connectivity index (χ2n) is 6.91. The zero-order valence-corrected chi connectivity index (χ0v) is 16.8. The van der Waals surface area contributed by atoms with Gasteiger partial charge in [-0.1, -0.05) is 54.9 Å². The van der Waals surface area contributed by atoms with Crippen LogP contribution in [0.5, 0.6) is 0 Å². The monoisotopic (exact) mass is 404 g/mol. The van der Waals surface area contributed by atoms with Gasteiger partial charge in [-0.25, -0.2) is 4.79 Å². The molecular weight excluding hydrogens is 384 g/mol. The SMILES string of the molecule is CCCN(c1cccc(C(=O)O)c1)c1c(-c2cccc(Cl)c2)[nH]c2ccccc12. The maximum Gasteiger partial charge on any atom is 0.335 e. The second-order valence-corrected chi connectivity index (χ2v) is 7.35. The van der Waals surface area contributed by atoms with Crippen molar-refractivity contribution >= 4 is 39.8 Å². The molecule has 0 aliphatic carbocycles. The summed E-state index contributed by atoms with van der Waals surface area (Å²) < 4.78 is 0. The minimum atomic E-state index is -0.933. The number of para-hydroxylation sites is 1. The van der Waals surface area contributed by atoms with Crippen LogP contribution in [0.15, 0.2) is 72.8 Å². The van der Waals surface area contributed by atoms with E-state index in [1.807, 2.05) is 48.5 Å². The maximum absolute atomic E-state index is 11.5. The molecule has 0 amide bonds. The summed E-state index contributed by atoms with van der Waals surface area (Å²) >= 11 is 6.27. The van der Waals surface area contributed by atoms with Crippen molar-refractivity contribution < 1.29 is 9.90 Å². The van der Waals surface area contributed by atoms with E-state index < -0.39 is 5.97 Å². The van der Waals surface area contributed by atoms with Gasteiger partial charge in [0.15, 0.2) is 0 Å². The van der Waals surface area contributed by atoms with Gasteiger partial charge in [-0.2, -0.15) is 0 Å². The first-order valence-electron chi connectivity index (χ1n) is 9.56. The molecule has 3 aromatic carbocycles. The van der Waals surface area contributed by atoms with E-state index in [9.17, 15) is 9.90 Å². The number of carboxylic acid groups (broad SMARTS) is 1. The fourth-order valence-electron chi connectivity index (χ4n) is 3.66. The lowest BCUT2D eigenvalue weighted by Crippen LogP contribution is -2.18. The molecule has 5 heteroatoms. The molecule has 1 aromatic heterocycles. The number of rotatable bonds is 6. The number of hydrogen-bond donors (Lipinski definition) is 2. The number of nitrogens with zero attached hydrogens (tertiary/aromatic N) is 1. The topological polar surface area (TPSA) is 56.3 Å². The minimum absolute atomic E-state index is 0.271. The Balaban J connectivity index is 1.97. The molecule has 146 valence electrons. The normalized spacial score (nSPS) is 11.0. The van der Waals surface area contributed by atoms with Gasteiger partial charge in [-0.15, -0.1) is 0 Å². The summed E-state index contributed by atoms with van der Waals surface area (Å²) in [6.07, 6.45) is 0.909. The number of carbonyl (C=O) groups is 1. The van der Waals surface area contributed by atoms with Crippen LogP contribution in [0.3, 0.4) is 0 Å². The maximum atomic E-state index is 11.5. The third kappa shape index (κ3) is 3.71. The largest absolute Gasteiger partial charge is 0.478 e. The van der Waals surface area contributed by atoms with Crippen molar-refractivity contribution in [3.63, 3.8) is 0 Å². The van der Waals surface area contributed by atoms with E-state index in [4.69, 9.17) is 11.6 Å². The second kappa shape index (κ2) is 8.02. The van der Waals surface area contributed by atoms with Crippen molar-refractivity contribution in [2.24, 2.45) is 0 Å². The average molecular weight is 405 g/mol. The van der Waals surface area contributed by atoms with Gasteiger partial charge in [0.2, 0.25) is 0 Å². The van der Waals surface area contributed by atoms with Gasteiger partial charge < -0.3 is 15.0 Å². The van der Waals surface area contributed by atoms with Crippen molar-refractivity contribution in [3.05, 3.63) is 83.4 Å². The van der Waals surface area contributed by atoms with Crippen molar-refractivity contribution in [2.45, 2.75) is 13.3 Å². The summed E-state index contributed by atoms with van der Waals surface area (Å²) in [4.78, 5) is 17.2. The molecule has 2 N–H and O–H groups in total. The van der Waals surface area contributed by atoms with Crippen LogP contribution >= 0.6 is 11.6 Å². The Bertz CT molecular complexity index is 1180. The van der Waals surface area contributed by atoms with Crippen LogP contribution in [0.4, 0.5) is 11.4 Å². The van der Waals surface area contributed by atoms with Crippen LogP contribution in [0, 0.1) is 0 Å². The molecule has 0 radical (unpaired) electrons. The number of H-pyrrole nitrogens is 1. The smallest absolute Gasteiger partial charge is 0.335 e. The van der Waals surface area contributed by atoms with Crippen LogP contribution in [0.25, 0.3) is 22.2 Å². The van der Waals surface area contributed by atoms with E-state index >= 15 is 0 Å². The summed E-state index contributed by atoms with van der Waals surface area (Å²) in [5.41, 5.74) is 5.11. The van der Waals surface area contributed by atoms with Crippen molar-refractivity contribution in [3.8, 4) is 11.3 Å². The Morgan fingerprint density at radius 2 is 1.83 bits per heavy atom. The molecule has 0 bridgehead atoms. The Morgan fingerprint density at radius 1 is 1.03 bits per heavy atom. The zero-order chi connectivity index (χ0) is 20.4. The van der Waals surface area contributed by atoms with Crippen LogP contribution in [0.2, 0.25) is 5.02 Å². The predicted octanol–water partition coefficient (Wildman–Crippen LogP) is 6.73. The molecule has 0 saturated heterocycles. The number of benzene rings is 3. The molecule has 0 unspecified atom stereocenters. The van der Waals surface area contributed by atoms with Crippen molar-refractivity contribution in [2.75, 3.05) is 11.4 Å². The molecule has 0 spiro atoms. The van der Waals surface area contributed by atoms with E-state index in [-0.39, 0.29) is 5.56 Å². The highest BCUT2D eigenvalue weighted by atomic mass is 35.5. The van der Waals surface area contributed by atoms with Gasteiger partial charge in [-0.3, -0.25) is 0 Å². The molecule has 1 heterocycles. The van der Waals surface area contributed by atoms with Crippen molar-refractivity contribution in [1.29, 1.82) is 0 Å². The van der Waals surface area contributed by atoms with Gasteiger partial charge >= 0.3 is 5.97 Å². The Labute approximate surface area is 174 Å². The van der Waals surface area contributed by atoms with Crippen LogP contribution in [0.1, 0.15) is 23.7 Å². The fraction of sp³-hybridized carbons (Fsp3) is 0.125. The third-order valence-corrected chi connectivity index (χ3v) is 5.15. The first-order valence-corrected chi connectivity index (χ1v) is 9.94. The number of aromatic amines is 1. The van der Waals surface area contributed by atoms with E-state index in [0.29, 0.717) is 5.02 Å². The standard InChI is InChI=1S/C24H21ClN2O2/c1-2-13-27(19-10-6-8-17(15-19)24(28)29)23-20-11-3-4-12-21(20)26-22(23)16-7-5-9-18(25)14-16/h3-12,14-15,26H,2,13H2,1H3,(H,28,29). The predicted molar refractivity (Wildman–Crippen MR) is 119 cm³/mol. The number of carboxylic acids is 1. The number of hydrogen-bond acceptors (Lipinski definition) is 2. The average Bonchev–Trinajstić information content (AvgIpc) is 3.11. The Morgan fingerprint density at radius 3 is 2.59 bits per heavy atom. The molecule has 0 saturated carbocycles. The molecular formula is C24H21ClN2O2. The number of anilines is 2. The van der Waals surface area contributed by atoms with E-state index in [1.165, 1.54) is 0 Å². The first-order chi connectivity index (χ1) is 14.1. The summed E-state index contributed by atoms with van der Waals surface area (Å²) in [6, 6.07) is 23.0. The van der Waals surface area contributed by atoms with Gasteiger partial charge in [0.1, 0.15) is 0 Å². The Kier molecular flexibility index (Phi) is 5.28. The number of nitrogens with one attached hydrogen (secondary N) is 1. The highest BCUT2D eigenvalue weighted by Crippen LogP contribution is 2.41. The minimum Gasteiger partial charge on any atom is -0.478 e. The highest BCUT2D eigenvalue weighted by molar-refractivity contribution is 6.30. The first kappa shape index (κ1) is 19.1. The lowest BCUT2D eigenvalue weighted by atomic mass is 10.1. The lowest BCUT2D eigenvalue weighted by molar-refractivity contribution is 0.0697. The van der Waals surface area contributed by atoms with Gasteiger partial charge in [0, 0.05) is 33.7 Å². The molecule has 4 rings (SSSR count). The number of aromatic carboxylic acids is 1. The fourth-order valence-corrected chi connectivity index (χ4v) is 3.85. The summed E-state index contributed by atoms with van der Waals surface area (Å²) in [5, 5.41) is 11.2. The Hall–Kier alpha value is -3.24. The molecule has 0 aliphatic heterocycles. The third-order valence-electron chi connectivity index (χ3n) is 4.91. The molecule has 0 fully saturated rings. The highest BCUT2D eigenvalue weighted by Gasteiger charge is 2.21. The van der Waals surface area contributed by atoms with Gasteiger partial charge in [0.05, 0.1) is 16.9 Å². The summed E-state index contributed by atoms with van der Waals surface area (Å²) in [5.74, 6) is -0.933. The number of aromatic nitrogens is 1. The molecule has 4 aromatic rings. The summed E-state index contributed by atoms with van der Waals surface area (Å²) in [6.45, 7) is 2.86. The molecule has 4 nitrogen and oxygen atoms in total. The van der Waals surface area contributed by atoms with E-state index in [2.05, 4.69) is 22.9 Å². The van der Waals surface area contributed by atoms with Crippen LogP contribution < -0.4 is 4.90 Å². The van der Waals surface area contributed by atoms with Gasteiger partial charge in [0.25, 0.3) is 0 Å². The molecule has 0 aliphatic rings.